The Kier molecular flexibility index (Phi) is 3.36. The maximum absolute atomic E-state index is 6.11. The summed E-state index contributed by atoms with van der Waals surface area (Å²) in [6.45, 7) is 6.12. The highest BCUT2D eigenvalue weighted by Crippen LogP contribution is 2.34. The predicted molar refractivity (Wildman–Crippen MR) is 64.7 cm³/mol. The van der Waals surface area contributed by atoms with Gasteiger partial charge in [0.2, 0.25) is 0 Å². The fraction of sp³-hybridized carbons (Fsp3) is 0.636. The SMILES string of the molecule is CCC1(C)CNCC(c2ccc(Cl)s2)O1. The van der Waals surface area contributed by atoms with Crippen LogP contribution in [0.25, 0.3) is 0 Å². The summed E-state index contributed by atoms with van der Waals surface area (Å²) < 4.78 is 6.94. The lowest BCUT2D eigenvalue weighted by atomic mass is 10.0. The van der Waals surface area contributed by atoms with Crippen molar-refractivity contribution in [3.8, 4) is 0 Å². The molecule has 2 nitrogen and oxygen atoms in total. The van der Waals surface area contributed by atoms with Gasteiger partial charge in [-0.15, -0.1) is 11.3 Å². The maximum Gasteiger partial charge on any atom is 0.105 e. The third-order valence-electron chi connectivity index (χ3n) is 2.91. The Balaban J connectivity index is 2.11. The molecular weight excluding hydrogens is 230 g/mol. The van der Waals surface area contributed by atoms with Crippen molar-refractivity contribution in [1.29, 1.82) is 0 Å². The summed E-state index contributed by atoms with van der Waals surface area (Å²) in [5.74, 6) is 0. The number of rotatable bonds is 2. The van der Waals surface area contributed by atoms with Crippen molar-refractivity contribution in [3.05, 3.63) is 21.3 Å². The molecule has 2 rings (SSSR count). The van der Waals surface area contributed by atoms with Gasteiger partial charge in [0.1, 0.15) is 6.10 Å². The Morgan fingerprint density at radius 1 is 1.67 bits per heavy atom. The van der Waals surface area contributed by atoms with Crippen LogP contribution in [0.2, 0.25) is 4.34 Å². The lowest BCUT2D eigenvalue weighted by Gasteiger charge is -2.38. The highest BCUT2D eigenvalue weighted by atomic mass is 35.5. The second-order valence-electron chi connectivity index (χ2n) is 4.18. The van der Waals surface area contributed by atoms with Gasteiger partial charge in [0.15, 0.2) is 0 Å². The highest BCUT2D eigenvalue weighted by Gasteiger charge is 2.32. The highest BCUT2D eigenvalue weighted by molar-refractivity contribution is 7.16. The van der Waals surface area contributed by atoms with Crippen LogP contribution in [0.1, 0.15) is 31.2 Å². The lowest BCUT2D eigenvalue weighted by molar-refractivity contribution is -0.108. The van der Waals surface area contributed by atoms with Crippen LogP contribution in [-0.4, -0.2) is 18.7 Å². The average Bonchev–Trinajstić information content (AvgIpc) is 2.65. The molecule has 0 aliphatic carbocycles. The molecule has 0 spiro atoms. The summed E-state index contributed by atoms with van der Waals surface area (Å²) in [6, 6.07) is 3.99. The standard InChI is InChI=1S/C11H16ClNOS/c1-3-11(2)7-13-6-8(14-11)9-4-5-10(12)15-9/h4-5,8,13H,3,6-7H2,1-2H3. The predicted octanol–water partition coefficient (Wildman–Crippen LogP) is 3.23. The summed E-state index contributed by atoms with van der Waals surface area (Å²) in [4.78, 5) is 1.21. The number of thiophene rings is 1. The molecule has 0 radical (unpaired) electrons. The molecule has 1 saturated heterocycles. The van der Waals surface area contributed by atoms with E-state index in [1.54, 1.807) is 11.3 Å². The number of nitrogens with one attached hydrogen (secondary N) is 1. The maximum atomic E-state index is 6.11. The molecule has 1 aromatic rings. The van der Waals surface area contributed by atoms with Crippen molar-refractivity contribution >= 4 is 22.9 Å². The van der Waals surface area contributed by atoms with E-state index < -0.39 is 0 Å². The third-order valence-corrected chi connectivity index (χ3v) is 4.24. The Morgan fingerprint density at radius 2 is 2.47 bits per heavy atom. The molecule has 15 heavy (non-hydrogen) atoms. The van der Waals surface area contributed by atoms with E-state index in [-0.39, 0.29) is 11.7 Å². The van der Waals surface area contributed by atoms with Crippen molar-refractivity contribution in [2.75, 3.05) is 13.1 Å². The normalized spacial score (nSPS) is 31.8. The zero-order valence-corrected chi connectivity index (χ0v) is 10.6. The van der Waals surface area contributed by atoms with Crippen LogP contribution in [0.4, 0.5) is 0 Å². The van der Waals surface area contributed by atoms with Crippen LogP contribution in [0.3, 0.4) is 0 Å². The molecule has 1 aromatic heterocycles. The van der Waals surface area contributed by atoms with Crippen LogP contribution in [0.15, 0.2) is 12.1 Å². The molecule has 4 heteroatoms. The van der Waals surface area contributed by atoms with Crippen molar-refractivity contribution in [2.45, 2.75) is 32.0 Å². The van der Waals surface area contributed by atoms with Gasteiger partial charge in [-0.2, -0.15) is 0 Å². The molecule has 0 bridgehead atoms. The van der Waals surface area contributed by atoms with E-state index in [1.807, 2.05) is 6.07 Å². The van der Waals surface area contributed by atoms with Crippen LogP contribution in [-0.2, 0) is 4.74 Å². The quantitative estimate of drug-likeness (QED) is 0.864. The molecule has 2 unspecified atom stereocenters. The molecule has 0 aromatic carbocycles. The fourth-order valence-electron chi connectivity index (χ4n) is 1.76. The van der Waals surface area contributed by atoms with E-state index in [0.717, 1.165) is 23.8 Å². The summed E-state index contributed by atoms with van der Waals surface area (Å²) in [7, 11) is 0. The van der Waals surface area contributed by atoms with Gasteiger partial charge < -0.3 is 10.1 Å². The van der Waals surface area contributed by atoms with Gasteiger partial charge in [-0.05, 0) is 25.5 Å². The van der Waals surface area contributed by atoms with Gasteiger partial charge in [0.05, 0.1) is 9.94 Å². The van der Waals surface area contributed by atoms with Gasteiger partial charge in [-0.3, -0.25) is 0 Å². The van der Waals surface area contributed by atoms with E-state index in [0.29, 0.717) is 0 Å². The zero-order chi connectivity index (χ0) is 10.9. The first kappa shape index (κ1) is 11.4. The van der Waals surface area contributed by atoms with Gasteiger partial charge in [0.25, 0.3) is 0 Å². The Morgan fingerprint density at radius 3 is 3.07 bits per heavy atom. The van der Waals surface area contributed by atoms with Gasteiger partial charge in [-0.1, -0.05) is 18.5 Å². The Labute approximate surface area is 99.6 Å². The second-order valence-corrected chi connectivity index (χ2v) is 5.93. The minimum absolute atomic E-state index is 0.0423. The van der Waals surface area contributed by atoms with Crippen molar-refractivity contribution in [3.63, 3.8) is 0 Å². The van der Waals surface area contributed by atoms with E-state index in [9.17, 15) is 0 Å². The summed E-state index contributed by atoms with van der Waals surface area (Å²) in [5.41, 5.74) is -0.0423. The molecular formula is C11H16ClNOS. The van der Waals surface area contributed by atoms with E-state index in [1.165, 1.54) is 4.88 Å². The Bertz CT molecular complexity index is 341. The molecule has 2 atom stereocenters. The lowest BCUT2D eigenvalue weighted by Crippen LogP contribution is -2.48. The summed E-state index contributed by atoms with van der Waals surface area (Å²) in [5, 5.41) is 3.42. The minimum atomic E-state index is -0.0423. The number of hydrogen-bond acceptors (Lipinski definition) is 3. The number of halogens is 1. The van der Waals surface area contributed by atoms with E-state index >= 15 is 0 Å². The molecule has 0 saturated carbocycles. The first-order valence-corrected chi connectivity index (χ1v) is 6.46. The summed E-state index contributed by atoms with van der Waals surface area (Å²) in [6.07, 6.45) is 1.18. The molecule has 84 valence electrons. The first-order valence-electron chi connectivity index (χ1n) is 5.27. The molecule has 1 N–H and O–H groups in total. The van der Waals surface area contributed by atoms with Gasteiger partial charge in [0, 0.05) is 18.0 Å². The van der Waals surface area contributed by atoms with Crippen LogP contribution in [0.5, 0.6) is 0 Å². The van der Waals surface area contributed by atoms with Crippen LogP contribution in [0, 0.1) is 0 Å². The van der Waals surface area contributed by atoms with E-state index in [4.69, 9.17) is 16.3 Å². The largest absolute Gasteiger partial charge is 0.364 e. The van der Waals surface area contributed by atoms with Crippen molar-refractivity contribution in [1.82, 2.24) is 5.32 Å². The molecule has 1 aliphatic rings. The molecule has 1 fully saturated rings. The smallest absolute Gasteiger partial charge is 0.105 e. The van der Waals surface area contributed by atoms with Gasteiger partial charge >= 0.3 is 0 Å². The van der Waals surface area contributed by atoms with Crippen molar-refractivity contribution in [2.24, 2.45) is 0 Å². The first-order chi connectivity index (χ1) is 7.13. The Hall–Kier alpha value is -0.0900. The third kappa shape index (κ3) is 2.53. The van der Waals surface area contributed by atoms with Gasteiger partial charge in [-0.25, -0.2) is 0 Å². The topological polar surface area (TPSA) is 21.3 Å². The number of hydrogen-bond donors (Lipinski definition) is 1. The van der Waals surface area contributed by atoms with Crippen LogP contribution >= 0.6 is 22.9 Å². The molecule has 0 amide bonds. The minimum Gasteiger partial charge on any atom is -0.364 e. The number of morpholine rings is 1. The average molecular weight is 246 g/mol. The second kappa shape index (κ2) is 4.42. The summed E-state index contributed by atoms with van der Waals surface area (Å²) >= 11 is 7.53. The van der Waals surface area contributed by atoms with Crippen molar-refractivity contribution < 1.29 is 4.74 Å². The zero-order valence-electron chi connectivity index (χ0n) is 9.05. The number of ether oxygens (including phenoxy) is 1. The monoisotopic (exact) mass is 245 g/mol. The fourth-order valence-corrected chi connectivity index (χ4v) is 2.85. The van der Waals surface area contributed by atoms with E-state index in [2.05, 4.69) is 25.2 Å². The molecule has 2 heterocycles. The molecule has 1 aliphatic heterocycles. The van der Waals surface area contributed by atoms with Crippen LogP contribution < -0.4 is 5.32 Å².